The van der Waals surface area contributed by atoms with Gasteiger partial charge in [0.1, 0.15) is 5.82 Å². The summed E-state index contributed by atoms with van der Waals surface area (Å²) in [5.41, 5.74) is 3.92. The van der Waals surface area contributed by atoms with Crippen molar-refractivity contribution in [1.82, 2.24) is 14.8 Å². The molecule has 1 fully saturated rings. The van der Waals surface area contributed by atoms with E-state index in [0.29, 0.717) is 12.8 Å². The molecule has 2 atom stereocenters. The molecule has 0 amide bonds. The van der Waals surface area contributed by atoms with Gasteiger partial charge in [0.2, 0.25) is 0 Å². The summed E-state index contributed by atoms with van der Waals surface area (Å²) in [6.45, 7) is 4.28. The van der Waals surface area contributed by atoms with Crippen LogP contribution in [-0.2, 0) is 9.53 Å². The molecule has 1 aliphatic carbocycles. The second kappa shape index (κ2) is 7.45. The van der Waals surface area contributed by atoms with Crippen LogP contribution in [-0.4, -0.2) is 38.6 Å². The van der Waals surface area contributed by atoms with Crippen LogP contribution in [0.2, 0.25) is 0 Å². The van der Waals surface area contributed by atoms with E-state index >= 15 is 0 Å². The zero-order chi connectivity index (χ0) is 22.6. The summed E-state index contributed by atoms with van der Waals surface area (Å²) in [7, 11) is 1.48. The Hall–Kier alpha value is -3.19. The lowest BCUT2D eigenvalue weighted by Crippen LogP contribution is -2.37. The lowest BCUT2D eigenvalue weighted by Gasteiger charge is -2.23. The molecule has 0 bridgehead atoms. The highest BCUT2D eigenvalue weighted by molar-refractivity contribution is 5.99. The first-order chi connectivity index (χ1) is 15.3. The van der Waals surface area contributed by atoms with Gasteiger partial charge in [-0.1, -0.05) is 13.8 Å². The van der Waals surface area contributed by atoms with Gasteiger partial charge in [-0.15, -0.1) is 0 Å². The molecular formula is C25H26FN3O3. The Kier molecular flexibility index (Phi) is 4.82. The summed E-state index contributed by atoms with van der Waals surface area (Å²) in [5.74, 6) is -0.989. The zero-order valence-electron chi connectivity index (χ0n) is 18.4. The quantitative estimate of drug-likeness (QED) is 0.433. The fraction of sp³-hybridized carbons (Fsp3) is 0.360. The van der Waals surface area contributed by atoms with Gasteiger partial charge in [-0.25, -0.2) is 9.18 Å². The number of hydrogen-bond donors (Lipinski definition) is 2. The van der Waals surface area contributed by atoms with E-state index in [1.807, 2.05) is 0 Å². The van der Waals surface area contributed by atoms with Crippen molar-refractivity contribution in [3.8, 4) is 5.69 Å². The molecule has 2 heterocycles. The molecule has 7 heteroatoms. The van der Waals surface area contributed by atoms with E-state index in [4.69, 9.17) is 4.74 Å². The van der Waals surface area contributed by atoms with Gasteiger partial charge in [-0.2, -0.15) is 5.10 Å². The van der Waals surface area contributed by atoms with Crippen molar-refractivity contribution in [2.24, 2.45) is 0 Å². The molecule has 4 aromatic rings. The van der Waals surface area contributed by atoms with Crippen molar-refractivity contribution < 1.29 is 19.0 Å². The fourth-order valence-electron chi connectivity index (χ4n) is 5.36. The molecule has 2 N–H and O–H groups in total. The number of nitrogens with one attached hydrogen (secondary N) is 1. The number of fused-ring (bicyclic) bond motifs is 2. The van der Waals surface area contributed by atoms with Gasteiger partial charge in [-0.3, -0.25) is 5.10 Å². The first kappa shape index (κ1) is 20.7. The molecule has 0 radical (unpaired) electrons. The first-order valence-electron chi connectivity index (χ1n) is 10.9. The predicted octanol–water partition coefficient (Wildman–Crippen LogP) is 5.51. The van der Waals surface area contributed by atoms with Gasteiger partial charge in [0, 0.05) is 29.3 Å². The van der Waals surface area contributed by atoms with E-state index in [2.05, 4.69) is 40.7 Å². The monoisotopic (exact) mass is 435 g/mol. The van der Waals surface area contributed by atoms with Crippen LogP contribution in [0.4, 0.5) is 4.39 Å². The second-order valence-corrected chi connectivity index (χ2v) is 9.04. The molecule has 0 aliphatic heterocycles. The third kappa shape index (κ3) is 3.03. The summed E-state index contributed by atoms with van der Waals surface area (Å²) in [4.78, 5) is 12.0. The number of carboxylic acids is 1. The van der Waals surface area contributed by atoms with E-state index in [-0.39, 0.29) is 17.7 Å². The molecule has 1 saturated carbocycles. The molecule has 6 nitrogen and oxygen atoms in total. The highest BCUT2D eigenvalue weighted by Gasteiger charge is 2.47. The lowest BCUT2D eigenvalue weighted by molar-refractivity contribution is -0.161. The Morgan fingerprint density at radius 3 is 2.69 bits per heavy atom. The fourth-order valence-corrected chi connectivity index (χ4v) is 5.36. The number of nitrogens with zero attached hydrogens (tertiary/aromatic N) is 2. The van der Waals surface area contributed by atoms with Gasteiger partial charge in [0.05, 0.1) is 17.2 Å². The van der Waals surface area contributed by atoms with E-state index in [0.717, 1.165) is 45.2 Å². The van der Waals surface area contributed by atoms with E-state index in [9.17, 15) is 14.3 Å². The normalized spacial score (nSPS) is 21.2. The van der Waals surface area contributed by atoms with Crippen LogP contribution in [0.3, 0.4) is 0 Å². The van der Waals surface area contributed by atoms with Gasteiger partial charge < -0.3 is 14.4 Å². The largest absolute Gasteiger partial charge is 0.479 e. The van der Waals surface area contributed by atoms with Crippen LogP contribution in [0.25, 0.3) is 27.5 Å². The molecule has 1 aliphatic rings. The average molecular weight is 435 g/mol. The summed E-state index contributed by atoms with van der Waals surface area (Å²) in [6.07, 6.45) is 3.41. The number of methoxy groups -OCH3 is 1. The number of hydrogen-bond acceptors (Lipinski definition) is 3. The summed E-state index contributed by atoms with van der Waals surface area (Å²) < 4.78 is 21.4. The van der Waals surface area contributed by atoms with E-state index in [1.54, 1.807) is 18.3 Å². The van der Waals surface area contributed by atoms with E-state index in [1.165, 1.54) is 19.2 Å². The van der Waals surface area contributed by atoms with Crippen LogP contribution in [0, 0.1) is 5.82 Å². The maximum absolute atomic E-state index is 13.7. The van der Waals surface area contributed by atoms with Crippen LogP contribution in [0.15, 0.2) is 42.6 Å². The first-order valence-corrected chi connectivity index (χ1v) is 10.9. The number of benzene rings is 2. The molecule has 5 rings (SSSR count). The Balaban J connectivity index is 1.81. The number of aliphatic carboxylic acids is 1. The minimum Gasteiger partial charge on any atom is -0.479 e. The smallest absolute Gasteiger partial charge is 0.335 e. The van der Waals surface area contributed by atoms with Crippen molar-refractivity contribution in [3.63, 3.8) is 0 Å². The highest BCUT2D eigenvalue weighted by Crippen LogP contribution is 2.49. The summed E-state index contributed by atoms with van der Waals surface area (Å²) in [5, 5.41) is 19.2. The Bertz CT molecular complexity index is 1320. The number of H-pyrrole nitrogens is 1. The van der Waals surface area contributed by atoms with Crippen LogP contribution >= 0.6 is 0 Å². The highest BCUT2D eigenvalue weighted by atomic mass is 19.1. The topological polar surface area (TPSA) is 80.1 Å². The third-order valence-electron chi connectivity index (χ3n) is 6.90. The van der Waals surface area contributed by atoms with Crippen LogP contribution in [0.1, 0.15) is 56.2 Å². The van der Waals surface area contributed by atoms with Crippen LogP contribution < -0.4 is 0 Å². The maximum Gasteiger partial charge on any atom is 0.335 e. The Morgan fingerprint density at radius 1 is 1.31 bits per heavy atom. The minimum atomic E-state index is -1.17. The number of ether oxygens (including phenoxy) is 1. The summed E-state index contributed by atoms with van der Waals surface area (Å²) >= 11 is 0. The average Bonchev–Trinajstić information content (AvgIpc) is 3.48. The van der Waals surface area contributed by atoms with Crippen LogP contribution in [0.5, 0.6) is 0 Å². The summed E-state index contributed by atoms with van der Waals surface area (Å²) in [6, 6.07) is 10.7. The molecule has 166 valence electrons. The molecule has 0 spiro atoms. The zero-order valence-corrected chi connectivity index (χ0v) is 18.4. The minimum absolute atomic E-state index is 0.0352. The van der Waals surface area contributed by atoms with Gasteiger partial charge in [-0.05, 0) is 73.1 Å². The number of carbonyl (C=O) groups is 1. The van der Waals surface area contributed by atoms with Gasteiger partial charge in [0.15, 0.2) is 5.60 Å². The Labute approximate surface area is 185 Å². The molecule has 2 aromatic carbocycles. The second-order valence-electron chi connectivity index (χ2n) is 9.04. The Morgan fingerprint density at radius 2 is 2.06 bits per heavy atom. The number of carboxylic acid groups (broad SMARTS) is 1. The van der Waals surface area contributed by atoms with Crippen molar-refractivity contribution in [3.05, 3.63) is 59.7 Å². The van der Waals surface area contributed by atoms with Crippen molar-refractivity contribution in [2.75, 3.05) is 7.11 Å². The SMILES string of the molecule is CO[C@@]1(C(=O)O)CCC(c2c(C(C)C)n(-c3ccc(F)cc3)c3cc4cn[nH]c4cc23)C1. The van der Waals surface area contributed by atoms with Crippen molar-refractivity contribution in [1.29, 1.82) is 0 Å². The van der Waals surface area contributed by atoms with Gasteiger partial charge >= 0.3 is 5.97 Å². The lowest BCUT2D eigenvalue weighted by atomic mass is 9.89. The molecule has 2 aromatic heterocycles. The van der Waals surface area contributed by atoms with Gasteiger partial charge in [0.25, 0.3) is 0 Å². The van der Waals surface area contributed by atoms with Crippen molar-refractivity contribution in [2.45, 2.75) is 50.5 Å². The van der Waals surface area contributed by atoms with Crippen molar-refractivity contribution >= 4 is 27.8 Å². The number of aromatic nitrogens is 3. The molecule has 32 heavy (non-hydrogen) atoms. The third-order valence-corrected chi connectivity index (χ3v) is 6.90. The molecule has 1 unspecified atom stereocenters. The molecular weight excluding hydrogens is 409 g/mol. The standard InChI is InChI=1S/C25H26FN3O3/c1-14(2)23-22(15-8-9-25(12-15,32-3)24(30)31)19-11-20-16(13-27-28-20)10-21(19)29(23)18-6-4-17(26)5-7-18/h4-7,10-11,13-15H,8-9,12H2,1-3H3,(H,27,28)(H,30,31)/t15?,25-/m0/s1. The predicted molar refractivity (Wildman–Crippen MR) is 121 cm³/mol. The number of halogens is 1. The van der Waals surface area contributed by atoms with E-state index < -0.39 is 11.6 Å². The maximum atomic E-state index is 13.7. The number of aromatic amines is 1. The molecule has 0 saturated heterocycles. The number of rotatable bonds is 5.